The van der Waals surface area contributed by atoms with Gasteiger partial charge in [0.25, 0.3) is 0 Å². The van der Waals surface area contributed by atoms with Gasteiger partial charge < -0.3 is 4.90 Å². The Morgan fingerprint density at radius 1 is 1.06 bits per heavy atom. The third kappa shape index (κ3) is 2.78. The maximum Gasteiger partial charge on any atom is 0.225 e. The second kappa shape index (κ2) is 5.70. The summed E-state index contributed by atoms with van der Waals surface area (Å²) < 4.78 is 0. The standard InChI is InChI=1S/C14H24NO/c1-2-15(11-12-7-3-4-8-12)14(16)13-9-5-6-10-13/h12-13H,1-11H2. The molecule has 2 aliphatic carbocycles. The molecule has 0 aliphatic heterocycles. The van der Waals surface area contributed by atoms with Crippen LogP contribution in [0.2, 0.25) is 0 Å². The predicted molar refractivity (Wildman–Crippen MR) is 65.9 cm³/mol. The Labute approximate surface area is 99.4 Å². The van der Waals surface area contributed by atoms with Crippen LogP contribution in [0.4, 0.5) is 0 Å². The Hall–Kier alpha value is -0.530. The first-order valence-corrected chi connectivity index (χ1v) is 6.89. The maximum absolute atomic E-state index is 12.3. The first-order chi connectivity index (χ1) is 7.81. The largest absolute Gasteiger partial charge is 0.342 e. The molecule has 1 amide bonds. The molecule has 2 fully saturated rings. The van der Waals surface area contributed by atoms with E-state index < -0.39 is 0 Å². The summed E-state index contributed by atoms with van der Waals surface area (Å²) in [6.45, 7) is 5.56. The van der Waals surface area contributed by atoms with Crippen molar-refractivity contribution >= 4 is 5.91 Å². The van der Waals surface area contributed by atoms with E-state index in [4.69, 9.17) is 0 Å². The van der Waals surface area contributed by atoms with E-state index in [-0.39, 0.29) is 0 Å². The highest BCUT2D eigenvalue weighted by Crippen LogP contribution is 2.29. The average molecular weight is 222 g/mol. The van der Waals surface area contributed by atoms with Crippen LogP contribution in [0.5, 0.6) is 0 Å². The van der Waals surface area contributed by atoms with Crippen molar-refractivity contribution in [2.24, 2.45) is 11.8 Å². The Balaban J connectivity index is 1.84. The van der Waals surface area contributed by atoms with Crippen molar-refractivity contribution < 1.29 is 4.79 Å². The van der Waals surface area contributed by atoms with Crippen LogP contribution < -0.4 is 0 Å². The van der Waals surface area contributed by atoms with E-state index in [9.17, 15) is 4.79 Å². The lowest BCUT2D eigenvalue weighted by Gasteiger charge is -2.27. The summed E-state index contributed by atoms with van der Waals surface area (Å²) in [5, 5.41) is 0. The number of rotatable bonds is 4. The number of hydrogen-bond donors (Lipinski definition) is 0. The van der Waals surface area contributed by atoms with Crippen molar-refractivity contribution in [3.8, 4) is 0 Å². The highest BCUT2D eigenvalue weighted by atomic mass is 16.2. The topological polar surface area (TPSA) is 20.3 Å². The lowest BCUT2D eigenvalue weighted by molar-refractivity contribution is -0.135. The molecular weight excluding hydrogens is 198 g/mol. The van der Waals surface area contributed by atoms with Crippen LogP contribution in [-0.2, 0) is 4.79 Å². The minimum Gasteiger partial charge on any atom is -0.342 e. The first kappa shape index (κ1) is 11.9. The van der Waals surface area contributed by atoms with E-state index in [2.05, 4.69) is 6.92 Å². The van der Waals surface area contributed by atoms with Crippen LogP contribution >= 0.6 is 0 Å². The first-order valence-electron chi connectivity index (χ1n) is 6.89. The molecule has 0 aromatic rings. The smallest absolute Gasteiger partial charge is 0.225 e. The van der Waals surface area contributed by atoms with Crippen LogP contribution in [0.3, 0.4) is 0 Å². The maximum atomic E-state index is 12.3. The second-order valence-electron chi connectivity index (χ2n) is 5.42. The molecule has 0 aromatic carbocycles. The van der Waals surface area contributed by atoms with Crippen LogP contribution in [-0.4, -0.2) is 23.9 Å². The summed E-state index contributed by atoms with van der Waals surface area (Å²) >= 11 is 0. The molecular formula is C14H24NO. The van der Waals surface area contributed by atoms with Gasteiger partial charge in [-0.05, 0) is 38.5 Å². The third-order valence-electron chi connectivity index (χ3n) is 4.24. The molecule has 0 unspecified atom stereocenters. The van der Waals surface area contributed by atoms with Gasteiger partial charge in [-0.15, -0.1) is 0 Å². The molecule has 91 valence electrons. The molecule has 0 aromatic heterocycles. The van der Waals surface area contributed by atoms with Crippen LogP contribution in [0.1, 0.15) is 51.4 Å². The van der Waals surface area contributed by atoms with Gasteiger partial charge in [-0.25, -0.2) is 0 Å². The molecule has 0 atom stereocenters. The Morgan fingerprint density at radius 3 is 2.19 bits per heavy atom. The van der Waals surface area contributed by atoms with Gasteiger partial charge in [0.05, 0.1) is 0 Å². The molecule has 2 saturated carbocycles. The van der Waals surface area contributed by atoms with Gasteiger partial charge >= 0.3 is 0 Å². The monoisotopic (exact) mass is 222 g/mol. The minimum atomic E-state index is 0.322. The fourth-order valence-corrected chi connectivity index (χ4v) is 3.23. The predicted octanol–water partition coefficient (Wildman–Crippen LogP) is 3.03. The van der Waals surface area contributed by atoms with Crippen molar-refractivity contribution in [3.05, 3.63) is 6.92 Å². The van der Waals surface area contributed by atoms with Gasteiger partial charge in [0.15, 0.2) is 0 Å². The highest BCUT2D eigenvalue weighted by Gasteiger charge is 2.28. The van der Waals surface area contributed by atoms with Crippen molar-refractivity contribution in [2.45, 2.75) is 51.4 Å². The van der Waals surface area contributed by atoms with Gasteiger partial charge in [0.2, 0.25) is 5.91 Å². The van der Waals surface area contributed by atoms with Gasteiger partial charge in [0.1, 0.15) is 0 Å². The lowest BCUT2D eigenvalue weighted by Crippen LogP contribution is -2.38. The average Bonchev–Trinajstić information content (AvgIpc) is 2.97. The highest BCUT2D eigenvalue weighted by molar-refractivity contribution is 5.79. The third-order valence-corrected chi connectivity index (χ3v) is 4.24. The van der Waals surface area contributed by atoms with E-state index in [0.29, 0.717) is 18.4 Å². The van der Waals surface area contributed by atoms with Gasteiger partial charge in [-0.1, -0.05) is 25.7 Å². The number of hydrogen-bond acceptors (Lipinski definition) is 1. The van der Waals surface area contributed by atoms with E-state index in [0.717, 1.165) is 25.3 Å². The normalized spacial score (nSPS) is 22.8. The van der Waals surface area contributed by atoms with Gasteiger partial charge in [-0.2, -0.15) is 0 Å². The zero-order valence-corrected chi connectivity index (χ0v) is 10.3. The fourth-order valence-electron chi connectivity index (χ4n) is 3.23. The number of carbonyl (C=O) groups excluding carboxylic acids is 1. The Bertz CT molecular complexity index is 227. The van der Waals surface area contributed by atoms with Crippen molar-refractivity contribution in [1.82, 2.24) is 4.90 Å². The molecule has 16 heavy (non-hydrogen) atoms. The van der Waals surface area contributed by atoms with E-state index >= 15 is 0 Å². The molecule has 0 bridgehead atoms. The van der Waals surface area contributed by atoms with Crippen molar-refractivity contribution in [1.29, 1.82) is 0 Å². The fraction of sp³-hybridized carbons (Fsp3) is 0.857. The van der Waals surface area contributed by atoms with Crippen LogP contribution in [0, 0.1) is 18.8 Å². The van der Waals surface area contributed by atoms with Gasteiger partial charge in [-0.3, -0.25) is 4.79 Å². The Morgan fingerprint density at radius 2 is 1.62 bits per heavy atom. The molecule has 2 heteroatoms. The van der Waals surface area contributed by atoms with Crippen molar-refractivity contribution in [2.75, 3.05) is 13.1 Å². The molecule has 0 N–H and O–H groups in total. The molecule has 0 saturated heterocycles. The summed E-state index contributed by atoms with van der Waals surface area (Å²) in [6, 6.07) is 0. The number of amides is 1. The molecule has 1 radical (unpaired) electrons. The lowest BCUT2D eigenvalue weighted by atomic mass is 10.0. The SMILES string of the molecule is [CH2]CN(CC1CCCC1)C(=O)C1CCCC1. The van der Waals surface area contributed by atoms with E-state index in [1.165, 1.54) is 38.5 Å². The van der Waals surface area contributed by atoms with Gasteiger partial charge in [0, 0.05) is 19.0 Å². The van der Waals surface area contributed by atoms with Crippen LogP contribution in [0.25, 0.3) is 0 Å². The summed E-state index contributed by atoms with van der Waals surface area (Å²) in [5.74, 6) is 1.47. The molecule has 2 aliphatic rings. The summed E-state index contributed by atoms with van der Waals surface area (Å²) in [5.41, 5.74) is 0. The zero-order chi connectivity index (χ0) is 11.4. The quantitative estimate of drug-likeness (QED) is 0.716. The summed E-state index contributed by atoms with van der Waals surface area (Å²) in [4.78, 5) is 14.3. The second-order valence-corrected chi connectivity index (χ2v) is 5.42. The van der Waals surface area contributed by atoms with Crippen LogP contribution in [0.15, 0.2) is 0 Å². The molecule has 2 nitrogen and oxygen atoms in total. The molecule has 0 heterocycles. The number of carbonyl (C=O) groups is 1. The minimum absolute atomic E-state index is 0.322. The number of nitrogens with zero attached hydrogens (tertiary/aromatic N) is 1. The van der Waals surface area contributed by atoms with E-state index in [1.807, 2.05) is 4.90 Å². The summed E-state index contributed by atoms with van der Waals surface area (Å²) in [6.07, 6.45) is 10.0. The molecule has 0 spiro atoms. The molecule has 2 rings (SSSR count). The van der Waals surface area contributed by atoms with Crippen molar-refractivity contribution in [3.63, 3.8) is 0 Å². The van der Waals surface area contributed by atoms with E-state index in [1.54, 1.807) is 0 Å². The Kier molecular flexibility index (Phi) is 4.25. The summed E-state index contributed by atoms with van der Waals surface area (Å²) in [7, 11) is 0. The zero-order valence-electron chi connectivity index (χ0n) is 10.3.